The number of amides is 1. The largest absolute Gasteiger partial charge is 0.345 e. The molecule has 0 saturated carbocycles. The zero-order valence-corrected chi connectivity index (χ0v) is 13.0. The molecule has 22 heavy (non-hydrogen) atoms. The first-order chi connectivity index (χ1) is 10.7. The molecule has 0 spiro atoms. The SMILES string of the molecule is CN(CCc1ccccn1)C(=O)C[C@H]1CCc2ccccc21. The average molecular weight is 294 g/mol. The number of fused-ring (bicyclic) bond motifs is 1. The number of likely N-dealkylation sites (N-methyl/N-ethyl adjacent to an activating group) is 1. The fourth-order valence-corrected chi connectivity index (χ4v) is 3.18. The minimum Gasteiger partial charge on any atom is -0.345 e. The topological polar surface area (TPSA) is 33.2 Å². The molecule has 1 heterocycles. The van der Waals surface area contributed by atoms with E-state index in [-0.39, 0.29) is 5.91 Å². The average Bonchev–Trinajstić information content (AvgIpc) is 2.97. The van der Waals surface area contributed by atoms with Crippen LogP contribution in [0.3, 0.4) is 0 Å². The van der Waals surface area contributed by atoms with Crippen LogP contribution in [0.1, 0.15) is 35.6 Å². The van der Waals surface area contributed by atoms with E-state index in [9.17, 15) is 4.79 Å². The molecule has 1 amide bonds. The molecule has 0 N–H and O–H groups in total. The summed E-state index contributed by atoms with van der Waals surface area (Å²) < 4.78 is 0. The minimum atomic E-state index is 0.234. The Morgan fingerprint density at radius 1 is 1.23 bits per heavy atom. The van der Waals surface area contributed by atoms with E-state index < -0.39 is 0 Å². The number of carbonyl (C=O) groups excluding carboxylic acids is 1. The summed E-state index contributed by atoms with van der Waals surface area (Å²) in [7, 11) is 1.89. The molecule has 1 aliphatic rings. The lowest BCUT2D eigenvalue weighted by molar-refractivity contribution is -0.130. The van der Waals surface area contributed by atoms with Gasteiger partial charge in [0.05, 0.1) is 0 Å². The molecular formula is C19H22N2O. The molecule has 1 aromatic carbocycles. The van der Waals surface area contributed by atoms with E-state index in [2.05, 4.69) is 29.2 Å². The van der Waals surface area contributed by atoms with Crippen molar-refractivity contribution < 1.29 is 4.79 Å². The maximum atomic E-state index is 12.4. The Morgan fingerprint density at radius 2 is 2.05 bits per heavy atom. The monoisotopic (exact) mass is 294 g/mol. The Kier molecular flexibility index (Phi) is 4.52. The number of nitrogens with zero attached hydrogens (tertiary/aromatic N) is 2. The van der Waals surface area contributed by atoms with Gasteiger partial charge < -0.3 is 4.90 Å². The number of aryl methyl sites for hydroxylation is 1. The van der Waals surface area contributed by atoms with E-state index in [1.165, 1.54) is 11.1 Å². The van der Waals surface area contributed by atoms with Gasteiger partial charge in [0.1, 0.15) is 0 Å². The minimum absolute atomic E-state index is 0.234. The van der Waals surface area contributed by atoms with Gasteiger partial charge in [-0.3, -0.25) is 9.78 Å². The third-order valence-electron chi connectivity index (χ3n) is 4.53. The smallest absolute Gasteiger partial charge is 0.222 e. The van der Waals surface area contributed by atoms with Gasteiger partial charge in [-0.15, -0.1) is 0 Å². The molecule has 0 unspecified atom stereocenters. The summed E-state index contributed by atoms with van der Waals surface area (Å²) in [6, 6.07) is 14.4. The van der Waals surface area contributed by atoms with Crippen molar-refractivity contribution >= 4 is 5.91 Å². The van der Waals surface area contributed by atoms with Crippen molar-refractivity contribution in [2.24, 2.45) is 0 Å². The molecule has 2 aromatic rings. The van der Waals surface area contributed by atoms with E-state index in [0.717, 1.165) is 31.5 Å². The van der Waals surface area contributed by atoms with Crippen LogP contribution < -0.4 is 0 Å². The van der Waals surface area contributed by atoms with Crippen molar-refractivity contribution in [3.63, 3.8) is 0 Å². The number of aromatic nitrogens is 1. The van der Waals surface area contributed by atoms with Gasteiger partial charge in [-0.2, -0.15) is 0 Å². The number of hydrogen-bond donors (Lipinski definition) is 0. The lowest BCUT2D eigenvalue weighted by Crippen LogP contribution is -2.29. The molecule has 1 aliphatic carbocycles. The van der Waals surface area contributed by atoms with Gasteiger partial charge in [0.2, 0.25) is 5.91 Å². The highest BCUT2D eigenvalue weighted by molar-refractivity contribution is 5.77. The fraction of sp³-hybridized carbons (Fsp3) is 0.368. The van der Waals surface area contributed by atoms with Crippen LogP contribution >= 0.6 is 0 Å². The number of pyridine rings is 1. The van der Waals surface area contributed by atoms with Gasteiger partial charge in [0.15, 0.2) is 0 Å². The number of benzene rings is 1. The molecular weight excluding hydrogens is 272 g/mol. The predicted molar refractivity (Wildman–Crippen MR) is 87.7 cm³/mol. The van der Waals surface area contributed by atoms with Crippen molar-refractivity contribution in [2.75, 3.05) is 13.6 Å². The van der Waals surface area contributed by atoms with Crippen LogP contribution in [0, 0.1) is 0 Å². The van der Waals surface area contributed by atoms with Crippen molar-refractivity contribution in [3.8, 4) is 0 Å². The molecule has 114 valence electrons. The Labute approximate surface area is 132 Å². The summed E-state index contributed by atoms with van der Waals surface area (Å²) in [5, 5.41) is 0. The number of hydrogen-bond acceptors (Lipinski definition) is 2. The van der Waals surface area contributed by atoms with Gasteiger partial charge in [0.25, 0.3) is 0 Å². The Hall–Kier alpha value is -2.16. The molecule has 0 radical (unpaired) electrons. The van der Waals surface area contributed by atoms with Crippen molar-refractivity contribution in [3.05, 3.63) is 65.5 Å². The molecule has 1 atom stereocenters. The number of rotatable bonds is 5. The first kappa shape index (κ1) is 14.8. The van der Waals surface area contributed by atoms with Gasteiger partial charge in [-0.25, -0.2) is 0 Å². The Balaban J connectivity index is 1.54. The van der Waals surface area contributed by atoms with Crippen LogP contribution in [-0.2, 0) is 17.6 Å². The van der Waals surface area contributed by atoms with Gasteiger partial charge in [0, 0.05) is 38.3 Å². The summed E-state index contributed by atoms with van der Waals surface area (Å²) in [6.45, 7) is 0.726. The Morgan fingerprint density at radius 3 is 2.86 bits per heavy atom. The molecule has 1 aromatic heterocycles. The maximum Gasteiger partial charge on any atom is 0.222 e. The van der Waals surface area contributed by atoms with Crippen LogP contribution in [0.2, 0.25) is 0 Å². The van der Waals surface area contributed by atoms with Crippen LogP contribution in [0.15, 0.2) is 48.7 Å². The van der Waals surface area contributed by atoms with E-state index in [0.29, 0.717) is 12.3 Å². The quantitative estimate of drug-likeness (QED) is 0.848. The lowest BCUT2D eigenvalue weighted by Gasteiger charge is -2.19. The highest BCUT2D eigenvalue weighted by atomic mass is 16.2. The summed E-state index contributed by atoms with van der Waals surface area (Å²) in [4.78, 5) is 18.6. The van der Waals surface area contributed by atoms with E-state index in [1.807, 2.05) is 30.1 Å². The first-order valence-corrected chi connectivity index (χ1v) is 7.95. The number of carbonyl (C=O) groups is 1. The van der Waals surface area contributed by atoms with Gasteiger partial charge in [-0.05, 0) is 42.0 Å². The van der Waals surface area contributed by atoms with Gasteiger partial charge in [-0.1, -0.05) is 30.3 Å². The maximum absolute atomic E-state index is 12.4. The standard InChI is InChI=1S/C19H22N2O/c1-21(13-11-17-7-4-5-12-20-17)19(22)14-16-10-9-15-6-2-3-8-18(15)16/h2-8,12,16H,9-11,13-14H2,1H3/t16-/m1/s1. The second-order valence-electron chi connectivity index (χ2n) is 6.02. The Bertz CT molecular complexity index is 639. The van der Waals surface area contributed by atoms with Crippen molar-refractivity contribution in [1.82, 2.24) is 9.88 Å². The normalized spacial score (nSPS) is 16.3. The highest BCUT2D eigenvalue weighted by Gasteiger charge is 2.25. The molecule has 0 aliphatic heterocycles. The third kappa shape index (κ3) is 3.35. The highest BCUT2D eigenvalue weighted by Crippen LogP contribution is 2.35. The lowest BCUT2D eigenvalue weighted by atomic mass is 9.97. The third-order valence-corrected chi connectivity index (χ3v) is 4.53. The zero-order chi connectivity index (χ0) is 15.4. The predicted octanol–water partition coefficient (Wildman–Crippen LogP) is 3.20. The van der Waals surface area contributed by atoms with Gasteiger partial charge >= 0.3 is 0 Å². The molecule has 0 bridgehead atoms. The molecule has 3 rings (SSSR count). The van der Waals surface area contributed by atoms with E-state index in [1.54, 1.807) is 6.20 Å². The van der Waals surface area contributed by atoms with Crippen molar-refractivity contribution in [1.29, 1.82) is 0 Å². The molecule has 0 fully saturated rings. The molecule has 3 nitrogen and oxygen atoms in total. The fourth-order valence-electron chi connectivity index (χ4n) is 3.18. The van der Waals surface area contributed by atoms with E-state index >= 15 is 0 Å². The second kappa shape index (κ2) is 6.73. The summed E-state index contributed by atoms with van der Waals surface area (Å²) >= 11 is 0. The van der Waals surface area contributed by atoms with Crippen molar-refractivity contribution in [2.45, 2.75) is 31.6 Å². The summed E-state index contributed by atoms with van der Waals surface area (Å²) in [6.07, 6.45) is 5.43. The van der Waals surface area contributed by atoms with Crippen LogP contribution in [0.4, 0.5) is 0 Å². The zero-order valence-electron chi connectivity index (χ0n) is 13.0. The summed E-state index contributed by atoms with van der Waals surface area (Å²) in [5.74, 6) is 0.624. The second-order valence-corrected chi connectivity index (χ2v) is 6.02. The molecule has 0 saturated heterocycles. The van der Waals surface area contributed by atoms with Crippen LogP contribution in [-0.4, -0.2) is 29.4 Å². The first-order valence-electron chi connectivity index (χ1n) is 7.95. The molecule has 3 heteroatoms. The van der Waals surface area contributed by atoms with Crippen LogP contribution in [0.25, 0.3) is 0 Å². The van der Waals surface area contributed by atoms with Crippen LogP contribution in [0.5, 0.6) is 0 Å². The summed E-state index contributed by atoms with van der Waals surface area (Å²) in [5.41, 5.74) is 3.82. The van der Waals surface area contributed by atoms with E-state index in [4.69, 9.17) is 0 Å².